The predicted molar refractivity (Wildman–Crippen MR) is 117 cm³/mol. The Kier molecular flexibility index (Phi) is 4.32. The van der Waals surface area contributed by atoms with E-state index in [0.717, 1.165) is 44.8 Å². The average molecular weight is 491 g/mol. The number of nitrogens with zero attached hydrogens (tertiary/aromatic N) is 8. The number of hydrogen-bond acceptors (Lipinski definition) is 5. The summed E-state index contributed by atoms with van der Waals surface area (Å²) in [5.74, 6) is 1.55. The third kappa shape index (κ3) is 3.54. The van der Waals surface area contributed by atoms with Gasteiger partial charge in [-0.3, -0.25) is 9.58 Å². The number of halogens is 3. The Bertz CT molecular complexity index is 1160. The van der Waals surface area contributed by atoms with E-state index in [1.54, 1.807) is 0 Å². The van der Waals surface area contributed by atoms with E-state index in [1.807, 2.05) is 25.7 Å². The van der Waals surface area contributed by atoms with Gasteiger partial charge in [-0.15, -0.1) is 0 Å². The normalized spacial score (nSPS) is 25.4. The Labute approximate surface area is 200 Å². The van der Waals surface area contributed by atoms with Crippen molar-refractivity contribution in [1.82, 2.24) is 39.2 Å². The van der Waals surface area contributed by atoms with Crippen molar-refractivity contribution in [1.29, 1.82) is 0 Å². The van der Waals surface area contributed by atoms with Crippen LogP contribution >= 0.6 is 0 Å². The van der Waals surface area contributed by atoms with Gasteiger partial charge in [0.15, 0.2) is 11.5 Å². The lowest BCUT2D eigenvalue weighted by Gasteiger charge is -2.63. The predicted octanol–water partition coefficient (Wildman–Crippen LogP) is 2.48. The molecule has 2 aliphatic carbocycles. The van der Waals surface area contributed by atoms with Crippen LogP contribution in [0.25, 0.3) is 0 Å². The largest absolute Gasteiger partial charge is 0.435 e. The van der Waals surface area contributed by atoms with Crippen molar-refractivity contribution in [2.45, 2.75) is 50.4 Å². The van der Waals surface area contributed by atoms with Gasteiger partial charge in [-0.05, 0) is 25.7 Å². The van der Waals surface area contributed by atoms with Crippen molar-refractivity contribution in [3.8, 4) is 0 Å². The van der Waals surface area contributed by atoms with E-state index in [2.05, 4.69) is 15.2 Å². The second-order valence-electron chi connectivity index (χ2n) is 11.7. The molecular weight excluding hydrogens is 461 g/mol. The summed E-state index contributed by atoms with van der Waals surface area (Å²) in [4.78, 5) is 23.2. The molecule has 5 heterocycles. The van der Waals surface area contributed by atoms with Gasteiger partial charge in [0.25, 0.3) is 0 Å². The maximum absolute atomic E-state index is 13.2. The fourth-order valence-electron chi connectivity index (χ4n) is 6.72. The molecule has 0 aromatic carbocycles. The smallest absolute Gasteiger partial charge is 0.323 e. The highest BCUT2D eigenvalue weighted by molar-refractivity contribution is 5.77. The van der Waals surface area contributed by atoms with Crippen LogP contribution in [-0.2, 0) is 19.8 Å². The maximum atomic E-state index is 13.2. The first kappa shape index (κ1) is 21.6. The minimum absolute atomic E-state index is 0.0345. The van der Waals surface area contributed by atoms with Crippen LogP contribution in [0.4, 0.5) is 18.0 Å². The quantitative estimate of drug-likeness (QED) is 0.659. The summed E-state index contributed by atoms with van der Waals surface area (Å²) in [6, 6.07) is 0.504. The van der Waals surface area contributed by atoms with Crippen LogP contribution < -0.4 is 0 Å². The van der Waals surface area contributed by atoms with Crippen LogP contribution in [-0.4, -0.2) is 84.5 Å². The van der Waals surface area contributed by atoms with Crippen LogP contribution in [0, 0.1) is 10.8 Å². The molecule has 3 saturated heterocycles. The molecule has 2 amide bonds. The molecule has 2 spiro atoms. The van der Waals surface area contributed by atoms with Crippen LogP contribution in [0.1, 0.15) is 54.7 Å². The molecule has 7 rings (SSSR count). The number of carbonyl (C=O) groups is 1. The molecule has 2 aromatic rings. The zero-order chi connectivity index (χ0) is 24.2. The Morgan fingerprint density at radius 2 is 1.69 bits per heavy atom. The highest BCUT2D eigenvalue weighted by Gasteiger charge is 2.58. The highest BCUT2D eigenvalue weighted by atomic mass is 19.4. The van der Waals surface area contributed by atoms with Crippen LogP contribution in [0.2, 0.25) is 0 Å². The van der Waals surface area contributed by atoms with Crippen molar-refractivity contribution < 1.29 is 18.0 Å². The third-order valence-corrected chi connectivity index (χ3v) is 8.51. The molecule has 5 fully saturated rings. The average Bonchev–Trinajstić information content (AvgIpc) is 3.28. The van der Waals surface area contributed by atoms with Gasteiger partial charge in [-0.25, -0.2) is 14.5 Å². The van der Waals surface area contributed by atoms with Gasteiger partial charge in [0, 0.05) is 81.4 Å². The third-order valence-electron chi connectivity index (χ3n) is 8.51. The van der Waals surface area contributed by atoms with Crippen molar-refractivity contribution in [3.05, 3.63) is 29.6 Å². The molecule has 0 bridgehead atoms. The zero-order valence-electron chi connectivity index (χ0n) is 19.7. The van der Waals surface area contributed by atoms with E-state index >= 15 is 0 Å². The van der Waals surface area contributed by atoms with E-state index < -0.39 is 11.9 Å². The van der Waals surface area contributed by atoms with Crippen molar-refractivity contribution >= 4 is 6.03 Å². The molecule has 0 N–H and O–H groups in total. The number of hydrogen-bond donors (Lipinski definition) is 0. The van der Waals surface area contributed by atoms with Gasteiger partial charge in [0.1, 0.15) is 6.33 Å². The number of amides is 2. The Morgan fingerprint density at radius 1 is 1.03 bits per heavy atom. The summed E-state index contributed by atoms with van der Waals surface area (Å²) in [6.07, 6.45) is 3.39. The molecule has 188 valence electrons. The number of aromatic nitrogens is 5. The molecule has 3 aliphatic heterocycles. The Hall–Kier alpha value is -2.63. The lowest BCUT2D eigenvalue weighted by Crippen LogP contribution is -2.75. The first-order valence-electron chi connectivity index (χ1n) is 12.4. The van der Waals surface area contributed by atoms with Crippen LogP contribution in [0.5, 0.6) is 0 Å². The first-order valence-corrected chi connectivity index (χ1v) is 12.4. The fraction of sp³-hybridized carbons (Fsp3) is 0.739. The van der Waals surface area contributed by atoms with E-state index in [1.165, 1.54) is 30.8 Å². The van der Waals surface area contributed by atoms with Gasteiger partial charge in [0.2, 0.25) is 0 Å². The van der Waals surface area contributed by atoms with Gasteiger partial charge in [-0.1, -0.05) is 0 Å². The minimum atomic E-state index is -4.44. The van der Waals surface area contributed by atoms with Gasteiger partial charge in [0.05, 0.1) is 6.04 Å². The second kappa shape index (κ2) is 6.98. The number of aryl methyl sites for hydroxylation is 1. The fourth-order valence-corrected chi connectivity index (χ4v) is 6.72. The van der Waals surface area contributed by atoms with E-state index in [0.29, 0.717) is 25.0 Å². The van der Waals surface area contributed by atoms with Gasteiger partial charge < -0.3 is 9.80 Å². The van der Waals surface area contributed by atoms with E-state index in [4.69, 9.17) is 0 Å². The standard InChI is InChI=1S/C23H29F3N8O/c1-30-6-16(18(28-30)23(24,25)26)7-31-8-22(9-31)12-33(13-22)20(35)32-10-21(11-32)4-17(5-21)34-14-27-19(29-34)15-2-3-15/h6,14-15,17H,2-5,7-13H2,1H3. The van der Waals surface area contributed by atoms with Crippen LogP contribution in [0.15, 0.2) is 12.5 Å². The molecule has 35 heavy (non-hydrogen) atoms. The van der Waals surface area contributed by atoms with E-state index in [9.17, 15) is 18.0 Å². The summed E-state index contributed by atoms with van der Waals surface area (Å²) in [5, 5.41) is 8.25. The summed E-state index contributed by atoms with van der Waals surface area (Å²) in [7, 11) is 1.51. The zero-order valence-corrected chi connectivity index (χ0v) is 19.7. The summed E-state index contributed by atoms with van der Waals surface area (Å²) < 4.78 is 42.8. The molecule has 2 saturated carbocycles. The number of urea groups is 1. The summed E-state index contributed by atoms with van der Waals surface area (Å²) in [6.45, 7) is 4.67. The molecule has 0 atom stereocenters. The molecule has 0 unspecified atom stereocenters. The lowest BCUT2D eigenvalue weighted by atomic mass is 9.60. The number of alkyl halides is 3. The first-order chi connectivity index (χ1) is 16.6. The van der Waals surface area contributed by atoms with Crippen molar-refractivity contribution in [2.24, 2.45) is 17.9 Å². The van der Waals surface area contributed by atoms with E-state index in [-0.39, 0.29) is 29.0 Å². The SMILES string of the molecule is Cn1cc(CN2CC3(C2)CN(C(=O)N2CC4(CC(n5cnc(C6CC6)n5)C4)C2)C3)c(C(F)(F)F)n1. The van der Waals surface area contributed by atoms with Crippen molar-refractivity contribution in [2.75, 3.05) is 39.3 Å². The Balaban J connectivity index is 0.862. The molecule has 12 heteroatoms. The molecule has 5 aliphatic rings. The highest BCUT2D eigenvalue weighted by Crippen LogP contribution is 2.54. The molecular formula is C23H29F3N8O. The number of carbonyl (C=O) groups excluding carboxylic acids is 1. The summed E-state index contributed by atoms with van der Waals surface area (Å²) >= 11 is 0. The Morgan fingerprint density at radius 3 is 2.31 bits per heavy atom. The second-order valence-corrected chi connectivity index (χ2v) is 11.7. The van der Waals surface area contributed by atoms with Crippen molar-refractivity contribution in [3.63, 3.8) is 0 Å². The minimum Gasteiger partial charge on any atom is -0.323 e. The van der Waals surface area contributed by atoms with Gasteiger partial charge >= 0.3 is 12.2 Å². The monoisotopic (exact) mass is 490 g/mol. The molecule has 9 nitrogen and oxygen atoms in total. The number of rotatable bonds is 4. The van der Waals surface area contributed by atoms with Gasteiger partial charge in [-0.2, -0.15) is 23.4 Å². The topological polar surface area (TPSA) is 75.3 Å². The molecule has 2 aromatic heterocycles. The maximum Gasteiger partial charge on any atom is 0.435 e. The van der Waals surface area contributed by atoms with Crippen LogP contribution in [0.3, 0.4) is 0 Å². The lowest BCUT2D eigenvalue weighted by molar-refractivity contribution is -0.143. The number of likely N-dealkylation sites (tertiary alicyclic amines) is 3. The summed E-state index contributed by atoms with van der Waals surface area (Å²) in [5.41, 5.74) is -0.320. The molecule has 0 radical (unpaired) electrons.